The topological polar surface area (TPSA) is 41.6 Å². The molecule has 5 rings (SSSR count). The lowest BCUT2D eigenvalue weighted by molar-refractivity contribution is 0.318. The van der Waals surface area contributed by atoms with Crippen LogP contribution in [0.2, 0.25) is 5.02 Å². The van der Waals surface area contributed by atoms with Crippen molar-refractivity contribution >= 4 is 33.5 Å². The Balaban J connectivity index is 1.26. The molecule has 3 nitrogen and oxygen atoms in total. The summed E-state index contributed by atoms with van der Waals surface area (Å²) in [5.74, 6) is 1.96. The van der Waals surface area contributed by atoms with E-state index in [0.717, 1.165) is 57.7 Å². The van der Waals surface area contributed by atoms with Crippen molar-refractivity contribution in [3.63, 3.8) is 0 Å². The Morgan fingerprint density at radius 2 is 1.79 bits per heavy atom. The Kier molecular flexibility index (Phi) is 4.52. The van der Waals surface area contributed by atoms with Crippen LogP contribution in [0.3, 0.4) is 0 Å². The van der Waals surface area contributed by atoms with Crippen molar-refractivity contribution in [2.75, 3.05) is 0 Å². The van der Waals surface area contributed by atoms with Crippen molar-refractivity contribution in [2.24, 2.45) is 5.92 Å². The number of nitrogens with one attached hydrogen (secondary N) is 1. The zero-order chi connectivity index (χ0) is 19.1. The molecule has 0 atom stereocenters. The summed E-state index contributed by atoms with van der Waals surface area (Å²) in [6.07, 6.45) is 5.59. The predicted octanol–water partition coefficient (Wildman–Crippen LogP) is 6.42. The van der Waals surface area contributed by atoms with E-state index in [2.05, 4.69) is 11.1 Å². The van der Waals surface area contributed by atoms with Gasteiger partial charge in [-0.2, -0.15) is 0 Å². The van der Waals surface area contributed by atoms with Gasteiger partial charge in [0.25, 0.3) is 0 Å². The summed E-state index contributed by atoms with van der Waals surface area (Å²) in [5.41, 5.74) is 4.00. The van der Waals surface area contributed by atoms with Crippen molar-refractivity contribution in [1.29, 1.82) is 0 Å². The number of hydrogen-bond acceptors (Lipinski definition) is 2. The standard InChI is InChI=1S/C23H21ClFN3/c24-17-6-9-21-22(13-17)28-23(27-21)11-14-1-3-15(4-2-14)19-8-5-16-12-18(25)7-10-20(16)26-19/h5-10,12-15H,1-4,11H2,(H,27,28). The molecule has 4 aromatic rings. The lowest BCUT2D eigenvalue weighted by atomic mass is 9.79. The second-order valence-electron chi connectivity index (χ2n) is 7.84. The first kappa shape index (κ1) is 17.6. The van der Waals surface area contributed by atoms with E-state index < -0.39 is 0 Å². The van der Waals surface area contributed by atoms with Gasteiger partial charge in [0.2, 0.25) is 0 Å². The van der Waals surface area contributed by atoms with Gasteiger partial charge in [-0.05, 0) is 74.1 Å². The molecule has 1 saturated carbocycles. The van der Waals surface area contributed by atoms with E-state index >= 15 is 0 Å². The molecule has 1 aliphatic rings. The van der Waals surface area contributed by atoms with Gasteiger partial charge in [0.15, 0.2) is 0 Å². The van der Waals surface area contributed by atoms with Crippen molar-refractivity contribution in [3.05, 3.63) is 70.9 Å². The molecule has 28 heavy (non-hydrogen) atoms. The first-order valence-corrected chi connectivity index (χ1v) is 10.2. The zero-order valence-electron chi connectivity index (χ0n) is 15.5. The summed E-state index contributed by atoms with van der Waals surface area (Å²) in [4.78, 5) is 12.9. The molecule has 5 heteroatoms. The number of benzene rings is 2. The number of rotatable bonds is 3. The molecule has 0 bridgehead atoms. The molecule has 0 saturated heterocycles. The van der Waals surface area contributed by atoms with E-state index in [4.69, 9.17) is 21.6 Å². The molecule has 2 heterocycles. The van der Waals surface area contributed by atoms with Gasteiger partial charge in [-0.1, -0.05) is 17.7 Å². The van der Waals surface area contributed by atoms with E-state index in [1.54, 1.807) is 12.1 Å². The first-order valence-electron chi connectivity index (χ1n) is 9.84. The van der Waals surface area contributed by atoms with Gasteiger partial charge in [0.1, 0.15) is 11.6 Å². The highest BCUT2D eigenvalue weighted by Gasteiger charge is 2.24. The lowest BCUT2D eigenvalue weighted by Crippen LogP contribution is -2.16. The van der Waals surface area contributed by atoms with Crippen LogP contribution in [0.15, 0.2) is 48.5 Å². The second-order valence-corrected chi connectivity index (χ2v) is 8.28. The normalized spacial score (nSPS) is 20.1. The van der Waals surface area contributed by atoms with E-state index in [0.29, 0.717) is 11.8 Å². The number of pyridine rings is 1. The van der Waals surface area contributed by atoms with Crippen LogP contribution in [0.1, 0.15) is 43.1 Å². The van der Waals surface area contributed by atoms with Crippen LogP contribution in [0.5, 0.6) is 0 Å². The van der Waals surface area contributed by atoms with Crippen LogP contribution in [0, 0.1) is 11.7 Å². The molecule has 2 aromatic heterocycles. The molecular formula is C23H21ClFN3. The zero-order valence-corrected chi connectivity index (χ0v) is 16.2. The summed E-state index contributed by atoms with van der Waals surface area (Å²) in [5, 5.41) is 1.58. The van der Waals surface area contributed by atoms with Crippen LogP contribution < -0.4 is 0 Å². The molecule has 2 aromatic carbocycles. The average molecular weight is 394 g/mol. The molecule has 0 unspecified atom stereocenters. The minimum absolute atomic E-state index is 0.213. The molecule has 1 aliphatic carbocycles. The monoisotopic (exact) mass is 393 g/mol. The first-order chi connectivity index (χ1) is 13.6. The maximum absolute atomic E-state index is 13.4. The van der Waals surface area contributed by atoms with Crippen molar-refractivity contribution in [1.82, 2.24) is 15.0 Å². The third-order valence-corrected chi connectivity index (χ3v) is 6.15. The average Bonchev–Trinajstić information content (AvgIpc) is 3.09. The number of nitrogens with zero attached hydrogens (tertiary/aromatic N) is 2. The molecular weight excluding hydrogens is 373 g/mol. The highest BCUT2D eigenvalue weighted by atomic mass is 35.5. The minimum atomic E-state index is -0.213. The number of aromatic nitrogens is 3. The van der Waals surface area contributed by atoms with Gasteiger partial charge in [-0.15, -0.1) is 0 Å². The molecule has 1 fully saturated rings. The highest BCUT2D eigenvalue weighted by molar-refractivity contribution is 6.31. The molecule has 0 amide bonds. The Morgan fingerprint density at radius 1 is 0.929 bits per heavy atom. The van der Waals surface area contributed by atoms with E-state index in [-0.39, 0.29) is 5.82 Å². The quantitative estimate of drug-likeness (QED) is 0.436. The molecule has 1 N–H and O–H groups in total. The van der Waals surface area contributed by atoms with Gasteiger partial charge < -0.3 is 4.98 Å². The Bertz CT molecular complexity index is 1150. The van der Waals surface area contributed by atoms with Gasteiger partial charge >= 0.3 is 0 Å². The molecule has 142 valence electrons. The molecule has 0 radical (unpaired) electrons. The second kappa shape index (κ2) is 7.17. The van der Waals surface area contributed by atoms with E-state index in [1.807, 2.05) is 24.3 Å². The van der Waals surface area contributed by atoms with Crippen molar-refractivity contribution < 1.29 is 4.39 Å². The fourth-order valence-electron chi connectivity index (χ4n) is 4.40. The largest absolute Gasteiger partial charge is 0.342 e. The van der Waals surface area contributed by atoms with Gasteiger partial charge in [-0.25, -0.2) is 9.37 Å². The number of H-pyrrole nitrogens is 1. The Hall–Kier alpha value is -2.46. The lowest BCUT2D eigenvalue weighted by Gasteiger charge is -2.27. The smallest absolute Gasteiger partial charge is 0.123 e. The number of imidazole rings is 1. The minimum Gasteiger partial charge on any atom is -0.342 e. The fourth-order valence-corrected chi connectivity index (χ4v) is 4.57. The van der Waals surface area contributed by atoms with E-state index in [1.165, 1.54) is 18.9 Å². The highest BCUT2D eigenvalue weighted by Crippen LogP contribution is 2.37. The van der Waals surface area contributed by atoms with Crippen LogP contribution in [0.25, 0.3) is 21.9 Å². The number of halogens is 2. The van der Waals surface area contributed by atoms with Crippen molar-refractivity contribution in [3.8, 4) is 0 Å². The maximum Gasteiger partial charge on any atom is 0.123 e. The number of hydrogen-bond donors (Lipinski definition) is 1. The van der Waals surface area contributed by atoms with Gasteiger partial charge in [0.05, 0.1) is 16.6 Å². The summed E-state index contributed by atoms with van der Waals surface area (Å²) in [7, 11) is 0. The molecule has 0 spiro atoms. The van der Waals surface area contributed by atoms with Crippen LogP contribution >= 0.6 is 11.6 Å². The third-order valence-electron chi connectivity index (χ3n) is 5.91. The van der Waals surface area contributed by atoms with Crippen LogP contribution in [-0.2, 0) is 6.42 Å². The summed E-state index contributed by atoms with van der Waals surface area (Å²) in [6, 6.07) is 14.6. The summed E-state index contributed by atoms with van der Waals surface area (Å²) >= 11 is 6.06. The fraction of sp³-hybridized carbons (Fsp3) is 0.304. The van der Waals surface area contributed by atoms with E-state index in [9.17, 15) is 4.39 Å². The summed E-state index contributed by atoms with van der Waals surface area (Å²) in [6.45, 7) is 0. The SMILES string of the molecule is Fc1ccc2nc(C3CCC(Cc4nc5cc(Cl)ccc5[nH]4)CC3)ccc2c1. The van der Waals surface area contributed by atoms with Crippen molar-refractivity contribution in [2.45, 2.75) is 38.0 Å². The Morgan fingerprint density at radius 3 is 2.64 bits per heavy atom. The number of aromatic amines is 1. The number of fused-ring (bicyclic) bond motifs is 2. The predicted molar refractivity (Wildman–Crippen MR) is 111 cm³/mol. The summed E-state index contributed by atoms with van der Waals surface area (Å²) < 4.78 is 13.4. The maximum atomic E-state index is 13.4. The third kappa shape index (κ3) is 3.49. The van der Waals surface area contributed by atoms with Crippen LogP contribution in [-0.4, -0.2) is 15.0 Å². The van der Waals surface area contributed by atoms with Gasteiger partial charge in [0, 0.05) is 28.4 Å². The molecule has 0 aliphatic heterocycles. The van der Waals surface area contributed by atoms with Crippen LogP contribution in [0.4, 0.5) is 4.39 Å². The Labute approximate surface area is 168 Å². The van der Waals surface area contributed by atoms with Gasteiger partial charge in [-0.3, -0.25) is 4.98 Å².